The van der Waals surface area contributed by atoms with E-state index in [-0.39, 0.29) is 8.46 Å². The normalized spacial score (nSPS) is 11.9. The summed E-state index contributed by atoms with van der Waals surface area (Å²) in [6, 6.07) is 6.58. The highest BCUT2D eigenvalue weighted by Gasteiger charge is 2.27. The molecule has 0 aliphatic rings. The molecule has 14 heavy (non-hydrogen) atoms. The second-order valence-corrected chi connectivity index (χ2v) is 5.31. The van der Waals surface area contributed by atoms with Crippen molar-refractivity contribution in [1.82, 2.24) is 0 Å². The highest BCUT2D eigenvalue weighted by molar-refractivity contribution is 7.63. The van der Waals surface area contributed by atoms with Crippen molar-refractivity contribution in [1.29, 1.82) is 0 Å². The van der Waals surface area contributed by atoms with Gasteiger partial charge in [-0.2, -0.15) is 0 Å². The summed E-state index contributed by atoms with van der Waals surface area (Å²) in [5.74, 6) is 0. The summed E-state index contributed by atoms with van der Waals surface area (Å²) in [6.07, 6.45) is 0. The van der Waals surface area contributed by atoms with Crippen LogP contribution in [0.15, 0.2) is 24.3 Å². The van der Waals surface area contributed by atoms with Crippen LogP contribution in [0, 0.1) is 0 Å². The minimum atomic E-state index is -3.29. The fourth-order valence-electron chi connectivity index (χ4n) is 1.04. The molecule has 0 N–H and O–H groups in total. The quantitative estimate of drug-likeness (QED) is 0.741. The molecule has 0 aliphatic carbocycles. The summed E-state index contributed by atoms with van der Waals surface area (Å²) in [7, 11) is -0.907. The maximum absolute atomic E-state index is 11.9. The van der Waals surface area contributed by atoms with Gasteiger partial charge in [-0.15, -0.1) is 0 Å². The minimum absolute atomic E-state index is 0.201. The first-order valence-corrected chi connectivity index (χ1v) is 6.18. The first kappa shape index (κ1) is 11.5. The van der Waals surface area contributed by atoms with Crippen LogP contribution in [0.5, 0.6) is 0 Å². The Morgan fingerprint density at radius 2 is 1.79 bits per heavy atom. The van der Waals surface area contributed by atoms with Gasteiger partial charge in [-0.25, -0.2) is 0 Å². The van der Waals surface area contributed by atoms with E-state index in [1.165, 1.54) is 14.2 Å². The van der Waals surface area contributed by atoms with E-state index >= 15 is 0 Å². The Kier molecular flexibility index (Phi) is 3.97. The van der Waals surface area contributed by atoms with Gasteiger partial charge in [-0.3, -0.25) is 9.13 Å². The zero-order valence-corrected chi connectivity index (χ0v) is 9.63. The molecular formula is C8H10O4P2. The number of hydrogen-bond donors (Lipinski definition) is 0. The summed E-state index contributed by atoms with van der Waals surface area (Å²) >= 11 is 0. The van der Waals surface area contributed by atoms with Crippen molar-refractivity contribution in [2.75, 3.05) is 14.2 Å². The number of rotatable bonds is 4. The maximum Gasteiger partial charge on any atom is 0.361 e. The van der Waals surface area contributed by atoms with E-state index in [1.54, 1.807) is 24.3 Å². The number of benzene rings is 1. The van der Waals surface area contributed by atoms with Crippen molar-refractivity contribution in [2.45, 2.75) is 0 Å². The lowest BCUT2D eigenvalue weighted by Gasteiger charge is -2.14. The molecule has 0 aromatic heterocycles. The third-order valence-electron chi connectivity index (χ3n) is 1.76. The van der Waals surface area contributed by atoms with Crippen LogP contribution in [0.3, 0.4) is 0 Å². The summed E-state index contributed by atoms with van der Waals surface area (Å²) < 4.78 is 32.3. The van der Waals surface area contributed by atoms with Gasteiger partial charge >= 0.3 is 7.60 Å². The fourth-order valence-corrected chi connectivity index (χ4v) is 3.02. The van der Waals surface area contributed by atoms with E-state index < -0.39 is 7.60 Å². The standard InChI is InChI=1S/C8H10O4P2/c1-11-14(10,12-2)8-6-4-3-5-7(8)13-9/h3-6H,1-2H3. The molecular weight excluding hydrogens is 222 g/mol. The SMILES string of the molecule is COP(=O)(OC)c1ccccc1P=O. The summed E-state index contributed by atoms with van der Waals surface area (Å²) in [4.78, 5) is 0. The molecule has 0 bridgehead atoms. The van der Waals surface area contributed by atoms with Crippen molar-refractivity contribution in [3.63, 3.8) is 0 Å². The lowest BCUT2D eigenvalue weighted by atomic mass is 10.4. The molecule has 6 heteroatoms. The number of hydrogen-bond acceptors (Lipinski definition) is 4. The van der Waals surface area contributed by atoms with Crippen LogP contribution in [-0.4, -0.2) is 14.2 Å². The molecule has 0 spiro atoms. The zero-order chi connectivity index (χ0) is 10.6. The Morgan fingerprint density at radius 1 is 1.21 bits per heavy atom. The third kappa shape index (κ3) is 2.10. The molecule has 1 aromatic carbocycles. The van der Waals surface area contributed by atoms with Crippen molar-refractivity contribution in [3.8, 4) is 0 Å². The molecule has 0 heterocycles. The van der Waals surface area contributed by atoms with Gasteiger partial charge in [0.05, 0.1) is 10.6 Å². The Hall–Kier alpha value is -0.530. The molecule has 4 nitrogen and oxygen atoms in total. The van der Waals surface area contributed by atoms with Gasteiger partial charge < -0.3 is 9.05 Å². The van der Waals surface area contributed by atoms with E-state index in [2.05, 4.69) is 0 Å². The predicted octanol–water partition coefficient (Wildman–Crippen LogP) is 1.71. The van der Waals surface area contributed by atoms with Gasteiger partial charge in [0, 0.05) is 14.2 Å². The van der Waals surface area contributed by atoms with Crippen LogP contribution in [0.25, 0.3) is 0 Å². The van der Waals surface area contributed by atoms with Gasteiger partial charge in [-0.1, -0.05) is 12.1 Å². The van der Waals surface area contributed by atoms with Crippen molar-refractivity contribution in [2.24, 2.45) is 0 Å². The second kappa shape index (κ2) is 4.81. The lowest BCUT2D eigenvalue weighted by Crippen LogP contribution is -2.20. The molecule has 76 valence electrons. The van der Waals surface area contributed by atoms with Crippen LogP contribution in [0.4, 0.5) is 0 Å². The van der Waals surface area contributed by atoms with E-state index in [0.717, 1.165) is 0 Å². The van der Waals surface area contributed by atoms with Gasteiger partial charge in [-0.05, 0) is 12.1 Å². The molecule has 0 saturated heterocycles. The molecule has 0 amide bonds. The van der Waals surface area contributed by atoms with Crippen molar-refractivity contribution in [3.05, 3.63) is 24.3 Å². The van der Waals surface area contributed by atoms with Crippen LogP contribution < -0.4 is 10.6 Å². The smallest absolute Gasteiger partial charge is 0.309 e. The molecule has 0 saturated carbocycles. The van der Waals surface area contributed by atoms with Gasteiger partial charge in [0.1, 0.15) is 0 Å². The lowest BCUT2D eigenvalue weighted by molar-refractivity contribution is 0.287. The van der Waals surface area contributed by atoms with E-state index in [4.69, 9.17) is 9.05 Å². The van der Waals surface area contributed by atoms with E-state index in [9.17, 15) is 9.13 Å². The van der Waals surface area contributed by atoms with Gasteiger partial charge in [0.15, 0.2) is 8.46 Å². The monoisotopic (exact) mass is 232 g/mol. The Bertz CT molecular complexity index is 369. The highest BCUT2D eigenvalue weighted by atomic mass is 31.2. The summed E-state index contributed by atoms with van der Waals surface area (Å²) in [5, 5.41) is 0.751. The third-order valence-corrected chi connectivity index (χ3v) is 4.46. The first-order chi connectivity index (χ1) is 6.68. The Labute approximate surface area is 84.0 Å². The van der Waals surface area contributed by atoms with Crippen LogP contribution in [0.2, 0.25) is 0 Å². The van der Waals surface area contributed by atoms with Gasteiger partial charge in [0.25, 0.3) is 0 Å². The molecule has 1 rings (SSSR count). The minimum Gasteiger partial charge on any atom is -0.309 e. The highest BCUT2D eigenvalue weighted by Crippen LogP contribution is 2.44. The largest absolute Gasteiger partial charge is 0.361 e. The van der Waals surface area contributed by atoms with E-state index in [0.29, 0.717) is 10.6 Å². The first-order valence-electron chi connectivity index (χ1n) is 3.82. The molecule has 0 unspecified atom stereocenters. The van der Waals surface area contributed by atoms with Crippen LogP contribution in [-0.2, 0) is 18.2 Å². The topological polar surface area (TPSA) is 52.6 Å². The fraction of sp³-hybridized carbons (Fsp3) is 0.250. The average Bonchev–Trinajstić information content (AvgIpc) is 2.28. The van der Waals surface area contributed by atoms with Crippen molar-refractivity contribution >= 4 is 26.7 Å². The second-order valence-electron chi connectivity index (χ2n) is 2.44. The molecule has 0 aliphatic heterocycles. The summed E-state index contributed by atoms with van der Waals surface area (Å²) in [6.45, 7) is 0. The molecule has 0 radical (unpaired) electrons. The van der Waals surface area contributed by atoms with Crippen molar-refractivity contribution < 1.29 is 18.2 Å². The van der Waals surface area contributed by atoms with Crippen LogP contribution >= 0.6 is 16.1 Å². The molecule has 1 aromatic rings. The van der Waals surface area contributed by atoms with E-state index in [1.807, 2.05) is 0 Å². The maximum atomic E-state index is 11.9. The zero-order valence-electron chi connectivity index (χ0n) is 7.84. The Morgan fingerprint density at radius 3 is 2.29 bits per heavy atom. The van der Waals surface area contributed by atoms with Gasteiger partial charge in [0.2, 0.25) is 0 Å². The Balaban J connectivity index is 3.30. The predicted molar refractivity (Wildman–Crippen MR) is 54.9 cm³/mol. The molecule has 0 atom stereocenters. The van der Waals surface area contributed by atoms with Crippen LogP contribution in [0.1, 0.15) is 0 Å². The average molecular weight is 232 g/mol. The summed E-state index contributed by atoms with van der Waals surface area (Å²) in [5.41, 5.74) is 0. The molecule has 0 fully saturated rings.